The molecule has 2 aromatic rings. The Morgan fingerprint density at radius 2 is 1.72 bits per heavy atom. The molecule has 0 fully saturated rings. The first-order valence-electron chi connectivity index (χ1n) is 6.78. The highest BCUT2D eigenvalue weighted by molar-refractivity contribution is 7.92. The van der Waals surface area contributed by atoms with Crippen molar-refractivity contribution in [2.45, 2.75) is 11.1 Å². The molecule has 0 spiro atoms. The third-order valence-corrected chi connectivity index (χ3v) is 5.20. The number of sulfonamides is 1. The van der Waals surface area contributed by atoms with Crippen molar-refractivity contribution in [3.8, 4) is 0 Å². The van der Waals surface area contributed by atoms with Gasteiger partial charge in [0, 0.05) is 12.6 Å². The van der Waals surface area contributed by atoms with Gasteiger partial charge in [0.1, 0.15) is 0 Å². The fraction of sp³-hybridized carbons (Fsp3) is 0.133. The number of halogens is 3. The summed E-state index contributed by atoms with van der Waals surface area (Å²) in [4.78, 5) is 10.7. The molecule has 0 saturated carbocycles. The molecule has 0 aromatic heterocycles. The van der Waals surface area contributed by atoms with Gasteiger partial charge in [-0.1, -0.05) is 6.07 Å². The van der Waals surface area contributed by atoms with E-state index in [2.05, 4.69) is 0 Å². The Bertz CT molecular complexity index is 880. The van der Waals surface area contributed by atoms with Gasteiger partial charge < -0.3 is 0 Å². The molecule has 0 atom stereocenters. The van der Waals surface area contributed by atoms with Crippen LogP contribution in [-0.4, -0.2) is 26.6 Å². The lowest BCUT2D eigenvalue weighted by Crippen LogP contribution is -2.27. The third-order valence-electron chi connectivity index (χ3n) is 3.41. The summed E-state index contributed by atoms with van der Waals surface area (Å²) >= 11 is 0. The highest BCUT2D eigenvalue weighted by Crippen LogP contribution is 2.31. The van der Waals surface area contributed by atoms with Crippen LogP contribution in [0.2, 0.25) is 0 Å². The number of nitrogens with one attached hydrogen (secondary N) is 1. The summed E-state index contributed by atoms with van der Waals surface area (Å²) in [6, 6.07) is 8.51. The normalized spacial score (nSPS) is 11.9. The lowest BCUT2D eigenvalue weighted by molar-refractivity contribution is -0.137. The van der Waals surface area contributed by atoms with Crippen LogP contribution in [0, 0.1) is 0 Å². The Kier molecular flexibility index (Phi) is 5.04. The summed E-state index contributed by atoms with van der Waals surface area (Å²) in [6.07, 6.45) is -4.66. The van der Waals surface area contributed by atoms with Crippen molar-refractivity contribution in [1.29, 1.82) is 0 Å². The Morgan fingerprint density at radius 3 is 2.24 bits per heavy atom. The maximum Gasteiger partial charge on any atom is 0.416 e. The third kappa shape index (κ3) is 3.91. The van der Waals surface area contributed by atoms with Gasteiger partial charge in [-0.3, -0.25) is 14.3 Å². The van der Waals surface area contributed by atoms with E-state index in [9.17, 15) is 26.4 Å². The molecular weight excluding hydrogens is 361 g/mol. The van der Waals surface area contributed by atoms with Crippen LogP contribution in [0.15, 0.2) is 53.4 Å². The quantitative estimate of drug-likeness (QED) is 0.636. The summed E-state index contributed by atoms with van der Waals surface area (Å²) in [7, 11) is -3.05. The Labute approximate surface area is 141 Å². The largest absolute Gasteiger partial charge is 0.416 e. The molecule has 2 rings (SSSR count). The van der Waals surface area contributed by atoms with E-state index in [1.165, 1.54) is 36.8 Å². The van der Waals surface area contributed by atoms with Gasteiger partial charge in [0.05, 0.1) is 16.1 Å². The minimum atomic E-state index is -4.66. The van der Waals surface area contributed by atoms with E-state index in [-0.39, 0.29) is 11.3 Å². The van der Waals surface area contributed by atoms with Crippen LogP contribution in [-0.2, 0) is 16.2 Å². The summed E-state index contributed by atoms with van der Waals surface area (Å²) < 4.78 is 64.1. The second kappa shape index (κ2) is 6.73. The predicted molar refractivity (Wildman–Crippen MR) is 82.7 cm³/mol. The van der Waals surface area contributed by atoms with Gasteiger partial charge >= 0.3 is 6.18 Å². The molecule has 0 heterocycles. The molecule has 134 valence electrons. The predicted octanol–water partition coefficient (Wildman–Crippen LogP) is 2.65. The number of rotatable bonds is 4. The molecule has 0 unspecified atom stereocenters. The first-order valence-corrected chi connectivity index (χ1v) is 8.22. The number of hydrogen-bond acceptors (Lipinski definition) is 4. The van der Waals surface area contributed by atoms with Crippen LogP contribution in [0.3, 0.4) is 0 Å². The smallest absolute Gasteiger partial charge is 0.288 e. The minimum absolute atomic E-state index is 0.0797. The molecule has 6 nitrogen and oxygen atoms in total. The number of alkyl halides is 3. The highest BCUT2D eigenvalue weighted by atomic mass is 32.2. The summed E-state index contributed by atoms with van der Waals surface area (Å²) in [5.41, 5.74) is 0.568. The Balaban J connectivity index is 2.38. The number of carbonyl (C=O) groups excluding carboxylic acids is 1. The van der Waals surface area contributed by atoms with Crippen LogP contribution in [0.5, 0.6) is 0 Å². The molecule has 10 heteroatoms. The van der Waals surface area contributed by atoms with Gasteiger partial charge in [-0.25, -0.2) is 13.9 Å². The van der Waals surface area contributed by atoms with Crippen LogP contribution in [0.25, 0.3) is 0 Å². The zero-order valence-corrected chi connectivity index (χ0v) is 13.6. The SMILES string of the molecule is CN(c1ccc(C(=O)NO)cc1)S(=O)(=O)c1cccc(C(F)(F)F)c1. The lowest BCUT2D eigenvalue weighted by atomic mass is 10.2. The lowest BCUT2D eigenvalue weighted by Gasteiger charge is -2.20. The zero-order chi connectivity index (χ0) is 18.8. The minimum Gasteiger partial charge on any atom is -0.288 e. The molecule has 0 aliphatic carbocycles. The van der Waals surface area contributed by atoms with Gasteiger partial charge in [-0.2, -0.15) is 13.2 Å². The number of carbonyl (C=O) groups is 1. The molecular formula is C15H13F3N2O4S. The number of hydroxylamine groups is 1. The molecule has 2 aromatic carbocycles. The topological polar surface area (TPSA) is 86.7 Å². The summed E-state index contributed by atoms with van der Waals surface area (Å²) in [5.74, 6) is -0.782. The maximum atomic E-state index is 12.8. The molecule has 0 aliphatic heterocycles. The molecule has 2 N–H and O–H groups in total. The number of benzene rings is 2. The van der Waals surface area contributed by atoms with Crippen molar-refractivity contribution in [3.63, 3.8) is 0 Å². The number of nitrogens with zero attached hydrogens (tertiary/aromatic N) is 1. The molecule has 0 aliphatic rings. The first-order chi connectivity index (χ1) is 11.6. The van der Waals surface area contributed by atoms with Crippen LogP contribution < -0.4 is 9.79 Å². The van der Waals surface area contributed by atoms with Crippen molar-refractivity contribution < 1.29 is 31.6 Å². The molecule has 0 radical (unpaired) electrons. The van der Waals surface area contributed by atoms with Crippen molar-refractivity contribution in [2.75, 3.05) is 11.4 Å². The number of hydrogen-bond donors (Lipinski definition) is 2. The van der Waals surface area contributed by atoms with Crippen molar-refractivity contribution in [3.05, 3.63) is 59.7 Å². The standard InChI is InChI=1S/C15H13F3N2O4S/c1-20(12-7-5-10(6-8-12)14(21)19-22)25(23,24)13-4-2-3-11(9-13)15(16,17)18/h2-9,22H,1H3,(H,19,21). The molecule has 0 bridgehead atoms. The number of amides is 1. The Hall–Kier alpha value is -2.59. The average Bonchev–Trinajstić information content (AvgIpc) is 2.60. The van der Waals surface area contributed by atoms with E-state index in [1.807, 2.05) is 0 Å². The van der Waals surface area contributed by atoms with Crippen molar-refractivity contribution >= 4 is 21.6 Å². The molecule has 0 saturated heterocycles. The van der Waals surface area contributed by atoms with Gasteiger partial charge in [0.2, 0.25) is 0 Å². The van der Waals surface area contributed by atoms with E-state index in [4.69, 9.17) is 5.21 Å². The Morgan fingerprint density at radius 1 is 1.12 bits per heavy atom. The van der Waals surface area contributed by atoms with Crippen LogP contribution in [0.1, 0.15) is 15.9 Å². The van der Waals surface area contributed by atoms with Gasteiger partial charge in [-0.15, -0.1) is 0 Å². The molecule has 1 amide bonds. The zero-order valence-electron chi connectivity index (χ0n) is 12.8. The van der Waals surface area contributed by atoms with Crippen LogP contribution in [0.4, 0.5) is 18.9 Å². The number of anilines is 1. The fourth-order valence-corrected chi connectivity index (χ4v) is 3.26. The monoisotopic (exact) mass is 374 g/mol. The van der Waals surface area contributed by atoms with E-state index in [0.29, 0.717) is 6.07 Å². The van der Waals surface area contributed by atoms with Gasteiger partial charge in [0.25, 0.3) is 15.9 Å². The van der Waals surface area contributed by atoms with Crippen molar-refractivity contribution in [2.24, 2.45) is 0 Å². The van der Waals surface area contributed by atoms with E-state index >= 15 is 0 Å². The van der Waals surface area contributed by atoms with Gasteiger partial charge in [-0.05, 0) is 42.5 Å². The van der Waals surface area contributed by atoms with E-state index in [0.717, 1.165) is 22.5 Å². The van der Waals surface area contributed by atoms with Crippen LogP contribution >= 0.6 is 0 Å². The second-order valence-electron chi connectivity index (χ2n) is 4.99. The summed E-state index contributed by atoms with van der Waals surface area (Å²) in [5, 5.41) is 8.54. The highest BCUT2D eigenvalue weighted by Gasteiger charge is 2.32. The maximum absolute atomic E-state index is 12.8. The summed E-state index contributed by atoms with van der Waals surface area (Å²) in [6.45, 7) is 0. The average molecular weight is 374 g/mol. The van der Waals surface area contributed by atoms with E-state index in [1.54, 1.807) is 0 Å². The second-order valence-corrected chi connectivity index (χ2v) is 6.96. The van der Waals surface area contributed by atoms with Crippen molar-refractivity contribution in [1.82, 2.24) is 5.48 Å². The fourth-order valence-electron chi connectivity index (χ4n) is 2.02. The van der Waals surface area contributed by atoms with Gasteiger partial charge in [0.15, 0.2) is 0 Å². The first kappa shape index (κ1) is 18.7. The molecule has 25 heavy (non-hydrogen) atoms. The van der Waals surface area contributed by atoms with E-state index < -0.39 is 32.6 Å².